The maximum atomic E-state index is 5.90. The Bertz CT molecular complexity index is 294. The molecule has 82 valence electrons. The first-order chi connectivity index (χ1) is 7.29. The molecular weight excluding hydrogens is 204 g/mol. The van der Waals surface area contributed by atoms with E-state index in [1.807, 2.05) is 18.2 Å². The van der Waals surface area contributed by atoms with E-state index in [0.29, 0.717) is 6.61 Å². The van der Waals surface area contributed by atoms with Gasteiger partial charge in [-0.05, 0) is 24.8 Å². The van der Waals surface area contributed by atoms with Gasteiger partial charge in [-0.1, -0.05) is 30.3 Å². The van der Waals surface area contributed by atoms with Gasteiger partial charge in [-0.2, -0.15) is 0 Å². The average molecular weight is 222 g/mol. The van der Waals surface area contributed by atoms with Gasteiger partial charge in [0.15, 0.2) is 0 Å². The van der Waals surface area contributed by atoms with E-state index in [9.17, 15) is 0 Å². The minimum atomic E-state index is -0.228. The maximum Gasteiger partial charge on any atom is 0.142 e. The van der Waals surface area contributed by atoms with Crippen molar-refractivity contribution in [3.8, 4) is 0 Å². The Hall–Kier alpha value is -0.643. The van der Waals surface area contributed by atoms with E-state index in [1.54, 1.807) is 0 Å². The highest BCUT2D eigenvalue weighted by atomic mass is 28.1. The topological polar surface area (TPSA) is 18.5 Å². The highest BCUT2D eigenvalue weighted by Gasteiger charge is 2.27. The Labute approximate surface area is 94.0 Å². The molecule has 2 rings (SSSR count). The van der Waals surface area contributed by atoms with Gasteiger partial charge in [-0.25, -0.2) is 0 Å². The molecule has 0 amide bonds. The third kappa shape index (κ3) is 3.16. The second-order valence-corrected chi connectivity index (χ2v) is 5.74. The van der Waals surface area contributed by atoms with Gasteiger partial charge in [0, 0.05) is 6.61 Å². The predicted octanol–water partition coefficient (Wildman–Crippen LogP) is 1.42. The van der Waals surface area contributed by atoms with Crippen LogP contribution in [0, 0.1) is 0 Å². The van der Waals surface area contributed by atoms with Gasteiger partial charge >= 0.3 is 0 Å². The molecule has 2 nitrogen and oxygen atoms in total. The summed E-state index contributed by atoms with van der Waals surface area (Å²) in [6.45, 7) is 1.53. The van der Waals surface area contributed by atoms with Crippen molar-refractivity contribution in [1.82, 2.24) is 0 Å². The summed E-state index contributed by atoms with van der Waals surface area (Å²) in [5.41, 5.74) is 0.996. The van der Waals surface area contributed by atoms with Gasteiger partial charge in [0.2, 0.25) is 0 Å². The second-order valence-electron chi connectivity index (χ2n) is 4.21. The Balaban J connectivity index is 1.87. The smallest absolute Gasteiger partial charge is 0.142 e. The zero-order chi connectivity index (χ0) is 10.6. The molecule has 0 aliphatic carbocycles. The molecule has 15 heavy (non-hydrogen) atoms. The molecule has 0 radical (unpaired) electrons. The summed E-state index contributed by atoms with van der Waals surface area (Å²) in [7, 11) is 0.946. The van der Waals surface area contributed by atoms with E-state index in [-0.39, 0.29) is 5.41 Å². The fourth-order valence-corrected chi connectivity index (χ4v) is 2.53. The van der Waals surface area contributed by atoms with Gasteiger partial charge in [0.1, 0.15) is 5.41 Å². The summed E-state index contributed by atoms with van der Waals surface area (Å²) >= 11 is 0. The van der Waals surface area contributed by atoms with Crippen molar-refractivity contribution in [2.75, 3.05) is 6.61 Å². The molecule has 3 heteroatoms. The molecule has 1 heterocycles. The van der Waals surface area contributed by atoms with Gasteiger partial charge in [0.25, 0.3) is 0 Å². The van der Waals surface area contributed by atoms with E-state index < -0.39 is 0 Å². The van der Waals surface area contributed by atoms with Crippen LogP contribution in [0.4, 0.5) is 0 Å². The quantitative estimate of drug-likeness (QED) is 0.720. The molecule has 0 N–H and O–H groups in total. The lowest BCUT2D eigenvalue weighted by Gasteiger charge is -2.34. The first kappa shape index (κ1) is 10.9. The van der Waals surface area contributed by atoms with E-state index in [1.165, 1.54) is 18.4 Å². The Morgan fingerprint density at radius 3 is 2.73 bits per heavy atom. The first-order valence-electron chi connectivity index (χ1n) is 5.60. The molecule has 1 atom stereocenters. The fourth-order valence-electron chi connectivity index (χ4n) is 1.83. The molecule has 0 aromatic heterocycles. The molecule has 1 aromatic carbocycles. The number of hydrogen-bond donors (Lipinski definition) is 0. The molecule has 0 bridgehead atoms. The van der Waals surface area contributed by atoms with Crippen molar-refractivity contribution in [1.29, 1.82) is 0 Å². The fraction of sp³-hybridized carbons (Fsp3) is 0.500. The van der Waals surface area contributed by atoms with E-state index >= 15 is 0 Å². The molecule has 1 unspecified atom stereocenters. The minimum Gasteiger partial charge on any atom is -0.355 e. The monoisotopic (exact) mass is 222 g/mol. The van der Waals surface area contributed by atoms with Crippen LogP contribution in [0.1, 0.15) is 24.8 Å². The van der Waals surface area contributed by atoms with Gasteiger partial charge in [0.05, 0.1) is 16.8 Å². The van der Waals surface area contributed by atoms with Crippen LogP contribution in [0.3, 0.4) is 0 Å². The Kier molecular flexibility index (Phi) is 3.56. The van der Waals surface area contributed by atoms with E-state index in [4.69, 9.17) is 9.47 Å². The molecule has 1 aliphatic heterocycles. The summed E-state index contributed by atoms with van der Waals surface area (Å²) in [4.78, 5) is 0. The zero-order valence-electron chi connectivity index (χ0n) is 9.24. The Morgan fingerprint density at radius 1 is 1.27 bits per heavy atom. The highest BCUT2D eigenvalue weighted by molar-refractivity contribution is 6.13. The number of rotatable bonds is 3. The summed E-state index contributed by atoms with van der Waals surface area (Å²) in [5.74, 6) is 0. The molecule has 1 aliphatic rings. The lowest BCUT2D eigenvalue weighted by atomic mass is 10.2. The summed E-state index contributed by atoms with van der Waals surface area (Å²) in [6.07, 6.45) is 3.48. The van der Waals surface area contributed by atoms with Gasteiger partial charge in [-0.3, -0.25) is 0 Å². The average Bonchev–Trinajstić information content (AvgIpc) is 2.29. The largest absolute Gasteiger partial charge is 0.355 e. The van der Waals surface area contributed by atoms with Crippen LogP contribution in [0.15, 0.2) is 30.3 Å². The van der Waals surface area contributed by atoms with Crippen LogP contribution in [-0.2, 0) is 16.1 Å². The van der Waals surface area contributed by atoms with Crippen LogP contribution in [-0.4, -0.2) is 22.3 Å². The second kappa shape index (κ2) is 4.92. The van der Waals surface area contributed by atoms with Crippen molar-refractivity contribution in [3.05, 3.63) is 35.9 Å². The number of benzene rings is 1. The van der Waals surface area contributed by atoms with Crippen molar-refractivity contribution in [2.24, 2.45) is 0 Å². The standard InChI is InChI=1S/C12H18O2Si/c15-12(8-4-5-9-13-12)14-10-11-6-2-1-3-7-11/h1-3,6-7H,4-5,8-10H2,15H3. The highest BCUT2D eigenvalue weighted by Crippen LogP contribution is 2.24. The third-order valence-corrected chi connectivity index (χ3v) is 3.90. The van der Waals surface area contributed by atoms with Crippen LogP contribution < -0.4 is 0 Å². The van der Waals surface area contributed by atoms with Crippen molar-refractivity contribution in [3.63, 3.8) is 0 Å². The third-order valence-electron chi connectivity index (χ3n) is 2.82. The van der Waals surface area contributed by atoms with Crippen LogP contribution in [0.5, 0.6) is 0 Å². The molecule has 0 spiro atoms. The molecule has 0 saturated carbocycles. The van der Waals surface area contributed by atoms with Crippen LogP contribution in [0.2, 0.25) is 0 Å². The number of hydrogen-bond acceptors (Lipinski definition) is 2. The van der Waals surface area contributed by atoms with E-state index in [0.717, 1.165) is 23.3 Å². The SMILES string of the molecule is [SiH3]C1(OCc2ccccc2)CCCCO1. The van der Waals surface area contributed by atoms with Crippen molar-refractivity contribution < 1.29 is 9.47 Å². The van der Waals surface area contributed by atoms with Crippen LogP contribution >= 0.6 is 0 Å². The predicted molar refractivity (Wildman–Crippen MR) is 63.7 cm³/mol. The first-order valence-corrected chi connectivity index (χ1v) is 6.60. The summed E-state index contributed by atoms with van der Waals surface area (Å²) in [6, 6.07) is 10.3. The maximum absolute atomic E-state index is 5.90. The number of ether oxygens (including phenoxy) is 2. The minimum absolute atomic E-state index is 0.228. The summed E-state index contributed by atoms with van der Waals surface area (Å²) in [5, 5.41) is 0. The zero-order valence-corrected chi connectivity index (χ0v) is 11.2. The van der Waals surface area contributed by atoms with Gasteiger partial charge < -0.3 is 9.47 Å². The molecule has 1 fully saturated rings. The Morgan fingerprint density at radius 2 is 2.07 bits per heavy atom. The van der Waals surface area contributed by atoms with Crippen molar-refractivity contribution >= 4 is 10.2 Å². The van der Waals surface area contributed by atoms with Crippen molar-refractivity contribution in [2.45, 2.75) is 31.3 Å². The van der Waals surface area contributed by atoms with Crippen LogP contribution in [0.25, 0.3) is 0 Å². The van der Waals surface area contributed by atoms with Gasteiger partial charge in [-0.15, -0.1) is 0 Å². The molecule has 1 saturated heterocycles. The normalized spacial score (nSPS) is 26.7. The molecule has 1 aromatic rings. The lowest BCUT2D eigenvalue weighted by molar-refractivity contribution is -0.204. The molecular formula is C12H18O2Si. The summed E-state index contributed by atoms with van der Waals surface area (Å²) < 4.78 is 11.6. The van der Waals surface area contributed by atoms with E-state index in [2.05, 4.69) is 12.1 Å². The lowest BCUT2D eigenvalue weighted by Crippen LogP contribution is -2.39.